The van der Waals surface area contributed by atoms with E-state index in [9.17, 15) is 4.79 Å². The van der Waals surface area contributed by atoms with Crippen molar-refractivity contribution in [2.75, 3.05) is 31.9 Å². The number of likely N-dealkylation sites (tertiary alicyclic amines) is 1. The van der Waals surface area contributed by atoms with Crippen LogP contribution in [0.25, 0.3) is 0 Å². The Labute approximate surface area is 144 Å². The number of thioether (sulfide) groups is 1. The van der Waals surface area contributed by atoms with Crippen molar-refractivity contribution >= 4 is 34.4 Å². The largest absolute Gasteiger partial charge is 0.444 e. The predicted molar refractivity (Wildman–Crippen MR) is 98.5 cm³/mol. The Hall–Kier alpha value is -0.490. The number of carbonyl (C=O) groups is 1. The van der Waals surface area contributed by atoms with Crippen LogP contribution < -0.4 is 0 Å². The highest BCUT2D eigenvalue weighted by atomic mass is 32.2. The second-order valence-electron chi connectivity index (χ2n) is 6.66. The van der Waals surface area contributed by atoms with E-state index in [0.29, 0.717) is 5.92 Å². The molecule has 0 radical (unpaired) electrons. The summed E-state index contributed by atoms with van der Waals surface area (Å²) in [6.45, 7) is 13.5. The first-order chi connectivity index (χ1) is 10.3. The van der Waals surface area contributed by atoms with Crippen LogP contribution in [0.15, 0.2) is 0 Å². The van der Waals surface area contributed by atoms with Gasteiger partial charge in [-0.1, -0.05) is 24.0 Å². The van der Waals surface area contributed by atoms with Crippen LogP contribution in [-0.4, -0.2) is 57.7 Å². The fourth-order valence-electron chi connectivity index (χ4n) is 2.37. The summed E-state index contributed by atoms with van der Waals surface area (Å²) in [5.74, 6) is 1.69. The number of nitrogens with zero attached hydrogens (tertiary/aromatic N) is 2. The standard InChI is InChI=1S/C16H30N2O2S2/c1-6-17(7-2)15(21)22-12-13-8-10-18(11-9-13)14(19)20-16(3,4)5/h13H,6-12H2,1-5H3. The minimum absolute atomic E-state index is 0.183. The number of amides is 1. The molecule has 22 heavy (non-hydrogen) atoms. The maximum absolute atomic E-state index is 12.0. The highest BCUT2D eigenvalue weighted by molar-refractivity contribution is 8.22. The highest BCUT2D eigenvalue weighted by Crippen LogP contribution is 2.24. The van der Waals surface area contributed by atoms with Gasteiger partial charge in [0.15, 0.2) is 0 Å². The molecule has 6 heteroatoms. The third kappa shape index (κ3) is 6.73. The highest BCUT2D eigenvalue weighted by Gasteiger charge is 2.27. The van der Waals surface area contributed by atoms with E-state index in [2.05, 4.69) is 18.7 Å². The molecule has 1 heterocycles. The molecule has 0 unspecified atom stereocenters. The molecule has 1 amide bonds. The zero-order chi connectivity index (χ0) is 16.8. The van der Waals surface area contributed by atoms with Crippen molar-refractivity contribution in [2.45, 2.75) is 53.1 Å². The molecule has 1 saturated heterocycles. The van der Waals surface area contributed by atoms with Crippen LogP contribution >= 0.6 is 24.0 Å². The molecular formula is C16H30N2O2S2. The summed E-state index contributed by atoms with van der Waals surface area (Å²) in [6, 6.07) is 0. The van der Waals surface area contributed by atoms with Crippen LogP contribution in [-0.2, 0) is 4.74 Å². The lowest BCUT2D eigenvalue weighted by molar-refractivity contribution is 0.0191. The molecule has 1 aliphatic rings. The van der Waals surface area contributed by atoms with Crippen molar-refractivity contribution in [2.24, 2.45) is 5.92 Å². The number of piperidine rings is 1. The lowest BCUT2D eigenvalue weighted by Gasteiger charge is -2.33. The van der Waals surface area contributed by atoms with Gasteiger partial charge in [-0.05, 0) is 53.4 Å². The van der Waals surface area contributed by atoms with E-state index in [1.54, 1.807) is 11.8 Å². The molecule has 4 nitrogen and oxygen atoms in total. The topological polar surface area (TPSA) is 32.8 Å². The van der Waals surface area contributed by atoms with Crippen LogP contribution in [0.3, 0.4) is 0 Å². The maximum Gasteiger partial charge on any atom is 0.410 e. The molecule has 0 aliphatic carbocycles. The number of carbonyl (C=O) groups excluding carboxylic acids is 1. The molecule has 0 bridgehead atoms. The van der Waals surface area contributed by atoms with Crippen molar-refractivity contribution in [1.82, 2.24) is 9.80 Å². The Balaban J connectivity index is 2.31. The molecular weight excluding hydrogens is 316 g/mol. The van der Waals surface area contributed by atoms with E-state index in [-0.39, 0.29) is 6.09 Å². The molecule has 0 aromatic rings. The number of thiocarbonyl (C=S) groups is 1. The number of hydrogen-bond acceptors (Lipinski definition) is 4. The predicted octanol–water partition coefficient (Wildman–Crippen LogP) is 3.99. The number of hydrogen-bond donors (Lipinski definition) is 0. The van der Waals surface area contributed by atoms with Crippen LogP contribution in [0.1, 0.15) is 47.5 Å². The van der Waals surface area contributed by atoms with Crippen molar-refractivity contribution in [3.05, 3.63) is 0 Å². The fraction of sp³-hybridized carbons (Fsp3) is 0.875. The van der Waals surface area contributed by atoms with Crippen LogP contribution in [0.2, 0.25) is 0 Å². The molecule has 0 aromatic heterocycles. The summed E-state index contributed by atoms with van der Waals surface area (Å²) < 4.78 is 6.43. The lowest BCUT2D eigenvalue weighted by Crippen LogP contribution is -2.42. The van der Waals surface area contributed by atoms with Gasteiger partial charge in [0.2, 0.25) is 0 Å². The first-order valence-corrected chi connectivity index (χ1v) is 9.55. The van der Waals surface area contributed by atoms with E-state index in [1.807, 2.05) is 25.7 Å². The van der Waals surface area contributed by atoms with Gasteiger partial charge in [0.25, 0.3) is 0 Å². The average molecular weight is 347 g/mol. The van der Waals surface area contributed by atoms with E-state index in [0.717, 1.165) is 49.1 Å². The molecule has 1 aliphatic heterocycles. The summed E-state index contributed by atoms with van der Waals surface area (Å²) in [6.07, 6.45) is 1.89. The summed E-state index contributed by atoms with van der Waals surface area (Å²) in [4.78, 5) is 16.1. The van der Waals surface area contributed by atoms with Gasteiger partial charge in [0.05, 0.1) is 0 Å². The van der Waals surface area contributed by atoms with E-state index in [4.69, 9.17) is 17.0 Å². The Morgan fingerprint density at radius 3 is 2.27 bits per heavy atom. The Morgan fingerprint density at radius 2 is 1.82 bits per heavy atom. The van der Waals surface area contributed by atoms with E-state index < -0.39 is 5.60 Å². The lowest BCUT2D eigenvalue weighted by atomic mass is 9.99. The van der Waals surface area contributed by atoms with Crippen molar-refractivity contribution in [3.8, 4) is 0 Å². The van der Waals surface area contributed by atoms with Gasteiger partial charge in [-0.25, -0.2) is 4.79 Å². The molecule has 0 spiro atoms. The van der Waals surface area contributed by atoms with Gasteiger partial charge >= 0.3 is 6.09 Å². The molecule has 0 saturated carbocycles. The van der Waals surface area contributed by atoms with Crippen molar-refractivity contribution in [1.29, 1.82) is 0 Å². The first kappa shape index (κ1) is 19.6. The van der Waals surface area contributed by atoms with E-state index >= 15 is 0 Å². The van der Waals surface area contributed by atoms with Crippen LogP contribution in [0, 0.1) is 5.92 Å². The minimum Gasteiger partial charge on any atom is -0.444 e. The minimum atomic E-state index is -0.417. The van der Waals surface area contributed by atoms with Crippen molar-refractivity contribution in [3.63, 3.8) is 0 Å². The smallest absolute Gasteiger partial charge is 0.410 e. The molecule has 1 rings (SSSR count). The zero-order valence-corrected chi connectivity index (χ0v) is 16.2. The Morgan fingerprint density at radius 1 is 1.27 bits per heavy atom. The Bertz CT molecular complexity index is 371. The number of ether oxygens (including phenoxy) is 1. The van der Waals surface area contributed by atoms with Crippen molar-refractivity contribution < 1.29 is 9.53 Å². The van der Waals surface area contributed by atoms with E-state index in [1.165, 1.54) is 0 Å². The summed E-state index contributed by atoms with van der Waals surface area (Å²) in [7, 11) is 0. The summed E-state index contributed by atoms with van der Waals surface area (Å²) >= 11 is 7.25. The SMILES string of the molecule is CCN(CC)C(=S)SCC1CCN(C(=O)OC(C)(C)C)CC1. The van der Waals surface area contributed by atoms with Gasteiger partial charge in [-0.2, -0.15) is 0 Å². The first-order valence-electron chi connectivity index (χ1n) is 8.16. The van der Waals surface area contributed by atoms with Crippen LogP contribution in [0.5, 0.6) is 0 Å². The van der Waals surface area contributed by atoms with Gasteiger partial charge in [-0.3, -0.25) is 0 Å². The second kappa shape index (κ2) is 8.96. The van der Waals surface area contributed by atoms with Crippen LogP contribution in [0.4, 0.5) is 4.79 Å². The second-order valence-corrected chi connectivity index (χ2v) is 8.31. The van der Waals surface area contributed by atoms with Gasteiger partial charge < -0.3 is 14.5 Å². The number of rotatable bonds is 4. The molecule has 1 fully saturated rings. The quantitative estimate of drug-likeness (QED) is 0.719. The summed E-state index contributed by atoms with van der Waals surface area (Å²) in [5.41, 5.74) is -0.417. The average Bonchev–Trinajstić information content (AvgIpc) is 2.45. The third-order valence-corrected chi connectivity index (χ3v) is 5.49. The molecule has 0 aromatic carbocycles. The monoisotopic (exact) mass is 346 g/mol. The fourth-order valence-corrected chi connectivity index (χ4v) is 3.99. The summed E-state index contributed by atoms with van der Waals surface area (Å²) in [5, 5.41) is 0. The van der Waals surface area contributed by atoms with Gasteiger partial charge in [0.1, 0.15) is 9.92 Å². The maximum atomic E-state index is 12.0. The zero-order valence-electron chi connectivity index (χ0n) is 14.6. The molecule has 128 valence electrons. The Kier molecular flexibility index (Phi) is 7.97. The molecule has 0 N–H and O–H groups in total. The van der Waals surface area contributed by atoms with Gasteiger partial charge in [-0.15, -0.1) is 0 Å². The molecule has 0 atom stereocenters. The third-order valence-electron chi connectivity index (χ3n) is 3.73. The van der Waals surface area contributed by atoms with Gasteiger partial charge in [0, 0.05) is 31.9 Å². The normalized spacial score (nSPS) is 16.5.